The molecule has 0 spiro atoms. The zero-order valence-electron chi connectivity index (χ0n) is 19.9. The number of carbonyl (C=O) groups is 3. The average Bonchev–Trinajstić information content (AvgIpc) is 3.41. The van der Waals surface area contributed by atoms with Crippen LogP contribution in [0.4, 0.5) is 5.69 Å². The summed E-state index contributed by atoms with van der Waals surface area (Å²) in [6.07, 6.45) is 1.74. The van der Waals surface area contributed by atoms with Gasteiger partial charge in [-0.1, -0.05) is 66.4 Å². The summed E-state index contributed by atoms with van der Waals surface area (Å²) in [5, 5.41) is 3.34. The first-order valence-corrected chi connectivity index (χ1v) is 13.4. The van der Waals surface area contributed by atoms with Crippen LogP contribution in [0.3, 0.4) is 0 Å². The summed E-state index contributed by atoms with van der Waals surface area (Å²) in [7, 11) is 1.53. The van der Waals surface area contributed by atoms with Crippen LogP contribution in [0.25, 0.3) is 17.0 Å². The molecule has 5 rings (SSSR count). The second-order valence-corrected chi connectivity index (χ2v) is 10.7. The molecule has 38 heavy (non-hydrogen) atoms. The number of amides is 2. The number of carbonyl (C=O) groups excluding carboxylic acids is 3. The number of hydrogen-bond acceptors (Lipinski definition) is 7. The maximum absolute atomic E-state index is 13.4. The van der Waals surface area contributed by atoms with E-state index in [2.05, 4.69) is 21.2 Å². The lowest BCUT2D eigenvalue weighted by atomic mass is 10.1. The Balaban J connectivity index is 1.40. The van der Waals surface area contributed by atoms with Gasteiger partial charge < -0.3 is 14.5 Å². The fraction of sp³-hybridized carbons (Fsp3) is 0.0714. The maximum atomic E-state index is 13.4. The van der Waals surface area contributed by atoms with Crippen molar-refractivity contribution in [1.82, 2.24) is 4.90 Å². The first kappa shape index (κ1) is 25.9. The number of anilines is 1. The van der Waals surface area contributed by atoms with Gasteiger partial charge in [0.2, 0.25) is 11.7 Å². The van der Waals surface area contributed by atoms with Crippen molar-refractivity contribution in [1.29, 1.82) is 0 Å². The summed E-state index contributed by atoms with van der Waals surface area (Å²) < 4.78 is 12.0. The van der Waals surface area contributed by atoms with E-state index in [1.165, 1.54) is 12.0 Å². The monoisotopic (exact) mass is 606 g/mol. The molecular weight excluding hydrogens is 588 g/mol. The molecular formula is C28H19BrN2O5S2. The highest BCUT2D eigenvalue weighted by Crippen LogP contribution is 2.35. The topological polar surface area (TPSA) is 88.8 Å². The standard InChI is InChI=1S/C28H19BrN2O5S2/c1-35-21-12-11-17(14-19(21)29)25(33)26-24(18-9-5-6-10-20(18)36-26)30-23(32)15-31-27(34)22(38-28(31)37)13-16-7-3-2-4-8-16/h2-14H,15H2,1H3,(H,30,32)/b22-13-. The van der Waals surface area contributed by atoms with Crippen molar-refractivity contribution in [2.24, 2.45) is 0 Å². The summed E-state index contributed by atoms with van der Waals surface area (Å²) in [4.78, 5) is 41.3. The van der Waals surface area contributed by atoms with Crippen LogP contribution in [0.2, 0.25) is 0 Å². The molecule has 2 amide bonds. The fourth-order valence-electron chi connectivity index (χ4n) is 3.93. The third-order valence-electron chi connectivity index (χ3n) is 5.75. The maximum Gasteiger partial charge on any atom is 0.266 e. The molecule has 1 N–H and O–H groups in total. The molecule has 3 aromatic carbocycles. The van der Waals surface area contributed by atoms with Gasteiger partial charge >= 0.3 is 0 Å². The number of ether oxygens (including phenoxy) is 1. The number of halogens is 1. The van der Waals surface area contributed by atoms with Gasteiger partial charge in [0.1, 0.15) is 22.2 Å². The van der Waals surface area contributed by atoms with E-state index >= 15 is 0 Å². The minimum atomic E-state index is -0.515. The van der Waals surface area contributed by atoms with Crippen LogP contribution in [0.15, 0.2) is 86.6 Å². The minimum absolute atomic E-state index is 0.0222. The Kier molecular flexibility index (Phi) is 7.46. The summed E-state index contributed by atoms with van der Waals surface area (Å²) in [5.41, 5.74) is 1.87. The Labute approximate surface area is 236 Å². The Hall–Kier alpha value is -3.73. The van der Waals surface area contributed by atoms with E-state index < -0.39 is 11.7 Å². The number of fused-ring (bicyclic) bond motifs is 1. The van der Waals surface area contributed by atoms with Crippen LogP contribution in [-0.4, -0.2) is 40.5 Å². The first-order chi connectivity index (χ1) is 18.4. The van der Waals surface area contributed by atoms with Gasteiger partial charge in [-0.15, -0.1) is 0 Å². The molecule has 7 nitrogen and oxygen atoms in total. The van der Waals surface area contributed by atoms with Crippen LogP contribution in [0.1, 0.15) is 21.7 Å². The lowest BCUT2D eigenvalue weighted by Gasteiger charge is -2.14. The van der Waals surface area contributed by atoms with Crippen LogP contribution in [0.5, 0.6) is 5.75 Å². The van der Waals surface area contributed by atoms with Crippen molar-refractivity contribution in [3.63, 3.8) is 0 Å². The number of thiocarbonyl (C=S) groups is 1. The van der Waals surface area contributed by atoms with Gasteiger partial charge in [-0.05, 0) is 57.9 Å². The van der Waals surface area contributed by atoms with Crippen molar-refractivity contribution >= 4 is 84.6 Å². The van der Waals surface area contributed by atoms with Crippen LogP contribution >= 0.6 is 39.9 Å². The van der Waals surface area contributed by atoms with Crippen molar-refractivity contribution < 1.29 is 23.5 Å². The largest absolute Gasteiger partial charge is 0.496 e. The van der Waals surface area contributed by atoms with E-state index in [0.29, 0.717) is 31.7 Å². The Bertz CT molecular complexity index is 1630. The van der Waals surface area contributed by atoms with Gasteiger partial charge in [0, 0.05) is 10.9 Å². The molecule has 190 valence electrons. The van der Waals surface area contributed by atoms with E-state index in [4.69, 9.17) is 21.4 Å². The predicted molar refractivity (Wildman–Crippen MR) is 155 cm³/mol. The van der Waals surface area contributed by atoms with Crippen molar-refractivity contribution in [3.05, 3.63) is 99.1 Å². The lowest BCUT2D eigenvalue weighted by molar-refractivity contribution is -0.126. The molecule has 0 radical (unpaired) electrons. The molecule has 2 heterocycles. The molecule has 0 bridgehead atoms. The van der Waals surface area contributed by atoms with Gasteiger partial charge in [0.15, 0.2) is 5.76 Å². The third kappa shape index (κ3) is 5.15. The smallest absolute Gasteiger partial charge is 0.266 e. The number of ketones is 1. The van der Waals surface area contributed by atoms with Gasteiger partial charge in [-0.25, -0.2) is 0 Å². The van der Waals surface area contributed by atoms with E-state index in [-0.39, 0.29) is 28.2 Å². The summed E-state index contributed by atoms with van der Waals surface area (Å²) >= 11 is 9.91. The SMILES string of the molecule is COc1ccc(C(=O)c2oc3ccccc3c2NC(=O)CN2C(=O)/C(=C/c3ccccc3)SC2=S)cc1Br. The van der Waals surface area contributed by atoms with E-state index in [1.807, 2.05) is 30.3 Å². The Morgan fingerprint density at radius 3 is 2.58 bits per heavy atom. The zero-order valence-corrected chi connectivity index (χ0v) is 23.1. The number of benzene rings is 3. The molecule has 1 aliphatic heterocycles. The predicted octanol–water partition coefficient (Wildman–Crippen LogP) is 6.27. The number of rotatable bonds is 7. The number of nitrogens with one attached hydrogen (secondary N) is 1. The second kappa shape index (κ2) is 10.9. The highest BCUT2D eigenvalue weighted by atomic mass is 79.9. The number of para-hydroxylation sites is 1. The second-order valence-electron chi connectivity index (χ2n) is 8.21. The van der Waals surface area contributed by atoms with Gasteiger partial charge in [-0.3, -0.25) is 19.3 Å². The van der Waals surface area contributed by atoms with Gasteiger partial charge in [-0.2, -0.15) is 0 Å². The molecule has 1 saturated heterocycles. The molecule has 4 aromatic rings. The van der Waals surface area contributed by atoms with Crippen LogP contribution in [0, 0.1) is 0 Å². The molecule has 10 heteroatoms. The molecule has 0 aliphatic carbocycles. The summed E-state index contributed by atoms with van der Waals surface area (Å²) in [6.45, 7) is -0.308. The van der Waals surface area contributed by atoms with Gasteiger partial charge in [0.25, 0.3) is 5.91 Å². The molecule has 0 atom stereocenters. The fourth-order valence-corrected chi connectivity index (χ4v) is 5.72. The van der Waals surface area contributed by atoms with Crippen molar-refractivity contribution in [2.45, 2.75) is 0 Å². The Morgan fingerprint density at radius 1 is 1.11 bits per heavy atom. The zero-order chi connectivity index (χ0) is 26.8. The third-order valence-corrected chi connectivity index (χ3v) is 7.75. The number of nitrogens with zero attached hydrogens (tertiary/aromatic N) is 1. The Morgan fingerprint density at radius 2 is 1.84 bits per heavy atom. The van der Waals surface area contributed by atoms with E-state index in [0.717, 1.165) is 17.3 Å². The quantitative estimate of drug-likeness (QED) is 0.150. The number of thioether (sulfide) groups is 1. The molecule has 0 unspecified atom stereocenters. The molecule has 1 fully saturated rings. The highest BCUT2D eigenvalue weighted by molar-refractivity contribution is 9.10. The van der Waals surface area contributed by atoms with E-state index in [9.17, 15) is 14.4 Å². The van der Waals surface area contributed by atoms with Crippen LogP contribution in [-0.2, 0) is 9.59 Å². The normalized spacial score (nSPS) is 14.4. The molecule has 1 aromatic heterocycles. The van der Waals surface area contributed by atoms with Crippen molar-refractivity contribution in [2.75, 3.05) is 19.0 Å². The molecule has 0 saturated carbocycles. The number of methoxy groups -OCH3 is 1. The number of hydrogen-bond donors (Lipinski definition) is 1. The lowest BCUT2D eigenvalue weighted by Crippen LogP contribution is -2.36. The van der Waals surface area contributed by atoms with E-state index in [1.54, 1.807) is 48.5 Å². The van der Waals surface area contributed by atoms with Gasteiger partial charge in [0.05, 0.1) is 22.2 Å². The first-order valence-electron chi connectivity index (χ1n) is 11.4. The molecule has 1 aliphatic rings. The van der Waals surface area contributed by atoms with Crippen LogP contribution < -0.4 is 10.1 Å². The average molecular weight is 608 g/mol. The van der Waals surface area contributed by atoms with Crippen molar-refractivity contribution in [3.8, 4) is 5.75 Å². The summed E-state index contributed by atoms with van der Waals surface area (Å²) in [6, 6.07) is 21.3. The number of furan rings is 1. The summed E-state index contributed by atoms with van der Waals surface area (Å²) in [5.74, 6) is -0.735. The highest BCUT2D eigenvalue weighted by Gasteiger charge is 2.34. The minimum Gasteiger partial charge on any atom is -0.496 e.